The third-order valence-electron chi connectivity index (χ3n) is 25.4. The maximum atomic E-state index is 13.7. The van der Waals surface area contributed by atoms with E-state index in [0.29, 0.717) is 83.8 Å². The average Bonchev–Trinajstić information content (AvgIpc) is 1.33. The van der Waals surface area contributed by atoms with Crippen molar-refractivity contribution in [3.05, 3.63) is 277 Å². The summed E-state index contributed by atoms with van der Waals surface area (Å²) in [7, 11) is 0. The van der Waals surface area contributed by atoms with Crippen LogP contribution < -0.4 is 39.7 Å². The zero-order chi connectivity index (χ0) is 106. The van der Waals surface area contributed by atoms with Crippen LogP contribution in [0.4, 0.5) is 13.2 Å². The van der Waals surface area contributed by atoms with E-state index in [1.54, 1.807) is 18.2 Å². The van der Waals surface area contributed by atoms with E-state index in [9.17, 15) is 51.5 Å². The number of rotatable bonds is 36. The van der Waals surface area contributed by atoms with Crippen molar-refractivity contribution in [3.63, 3.8) is 0 Å². The Bertz CT molecular complexity index is 4980. The van der Waals surface area contributed by atoms with Gasteiger partial charge in [-0.1, -0.05) is 325 Å². The van der Waals surface area contributed by atoms with Gasteiger partial charge in [-0.15, -0.1) is 0 Å². The van der Waals surface area contributed by atoms with Crippen molar-refractivity contribution in [2.45, 2.75) is 301 Å². The van der Waals surface area contributed by atoms with E-state index in [1.165, 1.54) is 30.3 Å². The molecule has 0 amide bonds. The first-order valence-corrected chi connectivity index (χ1v) is 52.6. The molecule has 1 heterocycles. The second-order valence-electron chi connectivity index (χ2n) is 41.0. The zero-order valence-electron chi connectivity index (χ0n) is 86.3. The zero-order valence-corrected chi connectivity index (χ0v) is 94.0. The van der Waals surface area contributed by atoms with Gasteiger partial charge in [0.15, 0.2) is 0 Å². The summed E-state index contributed by atoms with van der Waals surface area (Å²) in [6.45, 7) is 45.7. The Labute approximate surface area is 896 Å². The van der Waals surface area contributed by atoms with Crippen LogP contribution in [0.3, 0.4) is 0 Å². The van der Waals surface area contributed by atoms with Crippen molar-refractivity contribution >= 4 is 148 Å². The van der Waals surface area contributed by atoms with E-state index in [-0.39, 0.29) is 135 Å². The van der Waals surface area contributed by atoms with Crippen molar-refractivity contribution in [2.75, 3.05) is 39.3 Å². The van der Waals surface area contributed by atoms with Gasteiger partial charge >= 0.3 is 0 Å². The number of hydrogen-bond acceptors (Lipinski definition) is 15. The van der Waals surface area contributed by atoms with E-state index in [1.807, 2.05) is 280 Å². The van der Waals surface area contributed by atoms with Crippen molar-refractivity contribution in [1.29, 1.82) is 0 Å². The number of halogens is 11. The summed E-state index contributed by atoms with van der Waals surface area (Å²) in [5.41, 5.74) is 38.9. The molecule has 0 bridgehead atoms. The number of ketones is 8. The van der Waals surface area contributed by atoms with Gasteiger partial charge in [0.05, 0.1) is 36.7 Å². The number of benzene rings is 8. The van der Waals surface area contributed by atoms with Crippen LogP contribution in [0.2, 0.25) is 30.1 Å². The highest BCUT2D eigenvalue weighted by molar-refractivity contribution is 9.10. The van der Waals surface area contributed by atoms with Gasteiger partial charge in [0.25, 0.3) is 0 Å². The Morgan fingerprint density at radius 3 is 0.908 bits per heavy atom. The molecular formula is C116H164Br2Cl6F3N7O8. The molecule has 1 saturated heterocycles. The molecule has 0 spiro atoms. The Morgan fingerprint density at radius 1 is 0.352 bits per heavy atom. The molecule has 26 heteroatoms. The summed E-state index contributed by atoms with van der Waals surface area (Å²) < 4.78 is 42.9. The van der Waals surface area contributed by atoms with Crippen molar-refractivity contribution in [1.82, 2.24) is 5.32 Å². The standard InChI is InChI=1S/C16H20ClFO.2C15H21ClFNO.C14H18ClNO.2C14H20ClNO.2C13H18BrNO.2CH4/c1-11(2)15(19)16(8-4-3-5-9-16)12-6-7-13(17)14(18)10-12;2*1-9(2)14(19)11(8-15(3,4)18)10-5-6-12(16)13(17)7-10;1-10(2)13(17)14(7-8-16-9-14)11-3-5-12(15)6-4-11;2*1-10(2)13(17)14(3,8-9-16)11-4-6-12(15)7-5-11;2*1-9(2)13(16)12(7-8-15)10-3-5-11(14)6-4-10;;/h6-7,10-11H,3-5,8-9H2,1-2H3;2*5-7,9,11H,8,18H2,1-4H3;3-6,10,16H,7-9H2,1-2H3;2*4-7,10H,8-9,16H2,1-3H3;2*3-6,9,12H,7-8,15H2,1-2H3;2*1H4/t;11-;;;;;;;;/m.1......../s1. The van der Waals surface area contributed by atoms with Crippen LogP contribution in [0.5, 0.6) is 0 Å². The van der Waals surface area contributed by atoms with Gasteiger partial charge in [0.1, 0.15) is 63.7 Å². The van der Waals surface area contributed by atoms with Crippen LogP contribution >= 0.6 is 101 Å². The monoisotopic (exact) mass is 2210 g/mol. The molecule has 13 N–H and O–H groups in total. The molecule has 0 aromatic heterocycles. The Kier molecular flexibility index (Phi) is 59.4. The minimum atomic E-state index is -0.506. The number of Topliss-reactive ketones (excluding diaryl/α,β-unsaturated/α-hetero) is 8. The fourth-order valence-corrected chi connectivity index (χ4v) is 18.9. The number of hydrogen-bond donors (Lipinski definition) is 7. The highest BCUT2D eigenvalue weighted by atomic mass is 79.9. The summed E-state index contributed by atoms with van der Waals surface area (Å²) in [6.07, 6.45) is 9.46. The molecule has 788 valence electrons. The topological polar surface area (TPSA) is 305 Å². The maximum Gasteiger partial charge on any atom is 0.147 e. The lowest BCUT2D eigenvalue weighted by Gasteiger charge is -2.37. The Hall–Kier alpha value is -6.67. The Morgan fingerprint density at radius 2 is 0.641 bits per heavy atom. The molecule has 7 atom stereocenters. The summed E-state index contributed by atoms with van der Waals surface area (Å²) in [5, 5.41) is 5.63. The van der Waals surface area contributed by atoms with E-state index < -0.39 is 56.6 Å². The largest absolute Gasteiger partial charge is 0.330 e. The highest BCUT2D eigenvalue weighted by Gasteiger charge is 2.45. The molecule has 15 nitrogen and oxygen atoms in total. The first-order chi connectivity index (χ1) is 65.2. The van der Waals surface area contributed by atoms with Gasteiger partial charge in [0, 0.05) is 113 Å². The first kappa shape index (κ1) is 133. The third kappa shape index (κ3) is 41.5. The summed E-state index contributed by atoms with van der Waals surface area (Å²) in [4.78, 5) is 98.6. The van der Waals surface area contributed by atoms with Crippen molar-refractivity contribution < 1.29 is 51.5 Å². The number of nitrogens with one attached hydrogen (secondary N) is 1. The van der Waals surface area contributed by atoms with Crippen LogP contribution in [0.1, 0.15) is 312 Å². The highest BCUT2D eigenvalue weighted by Crippen LogP contribution is 2.44. The van der Waals surface area contributed by atoms with Gasteiger partial charge in [-0.25, -0.2) is 13.2 Å². The number of nitrogens with two attached hydrogens (primary N) is 6. The van der Waals surface area contributed by atoms with E-state index in [2.05, 4.69) is 37.2 Å². The van der Waals surface area contributed by atoms with Crippen molar-refractivity contribution in [3.8, 4) is 0 Å². The predicted molar refractivity (Wildman–Crippen MR) is 599 cm³/mol. The molecular weight excluding hydrogens is 2050 g/mol. The lowest BCUT2D eigenvalue weighted by molar-refractivity contribution is -0.129. The first-order valence-electron chi connectivity index (χ1n) is 48.8. The average molecular weight is 2210 g/mol. The van der Waals surface area contributed by atoms with Gasteiger partial charge < -0.3 is 39.7 Å². The fourth-order valence-electron chi connectivity index (χ4n) is 17.7. The lowest BCUT2D eigenvalue weighted by Crippen LogP contribution is -2.40. The smallest absolute Gasteiger partial charge is 0.147 e. The van der Waals surface area contributed by atoms with E-state index in [0.717, 1.165) is 107 Å². The molecule has 1 aliphatic heterocycles. The van der Waals surface area contributed by atoms with Crippen LogP contribution in [-0.4, -0.2) is 96.6 Å². The molecule has 2 fully saturated rings. The van der Waals surface area contributed by atoms with E-state index in [4.69, 9.17) is 104 Å². The SMILES string of the molecule is C.C.CC(C)C(=O)C(C)(CCN)c1ccc(Cl)cc1.CC(C)C(=O)C(C)(CCN)c1ccc(Cl)cc1.CC(C)C(=O)C(CC(C)(C)N)c1ccc(Cl)c(F)c1.CC(C)C(=O)C(CCN)c1ccc(Br)cc1.CC(C)C(=O)C(CCN)c1ccc(Br)cc1.CC(C)C(=O)C1(c2ccc(Cl)c(F)c2)CCCCC1.CC(C)C(=O)C1(c2ccc(Cl)cc2)CCNC1.CC(C)C(=O)[C@H](CC(C)(C)N)c1ccc(Cl)c(F)c1. The second-order valence-corrected chi connectivity index (χ2v) is 45.4. The summed E-state index contributed by atoms with van der Waals surface area (Å²) in [5.74, 6) is -0.749. The molecule has 0 radical (unpaired) electrons. The van der Waals surface area contributed by atoms with Crippen LogP contribution in [-0.2, 0) is 60.0 Å². The second kappa shape index (κ2) is 63.2. The lowest BCUT2D eigenvalue weighted by atomic mass is 9.64. The van der Waals surface area contributed by atoms with Crippen molar-refractivity contribution in [2.24, 2.45) is 81.7 Å². The van der Waals surface area contributed by atoms with Crippen LogP contribution in [0, 0.1) is 64.8 Å². The third-order valence-corrected chi connectivity index (χ3v) is 28.1. The molecule has 8 aromatic rings. The molecule has 1 saturated carbocycles. The predicted octanol–water partition coefficient (Wildman–Crippen LogP) is 29.4. The molecule has 142 heavy (non-hydrogen) atoms. The quantitative estimate of drug-likeness (QED) is 0.0192. The summed E-state index contributed by atoms with van der Waals surface area (Å²) in [6, 6.07) is 52.3. The van der Waals surface area contributed by atoms with Gasteiger partial charge in [0.2, 0.25) is 0 Å². The Balaban J connectivity index is 0.000000810. The van der Waals surface area contributed by atoms with Gasteiger partial charge in [-0.05, 0) is 274 Å². The fraction of sp³-hybridized carbons (Fsp3) is 0.517. The van der Waals surface area contributed by atoms with Gasteiger partial charge in [-0.3, -0.25) is 38.4 Å². The molecule has 1 aliphatic carbocycles. The molecule has 2 aliphatic rings. The minimum absolute atomic E-state index is 0. The summed E-state index contributed by atoms with van der Waals surface area (Å²) >= 11 is 41.5. The molecule has 10 rings (SSSR count). The number of carbonyl (C=O) groups excluding carboxylic acids is 8. The number of carbonyl (C=O) groups is 8. The maximum absolute atomic E-state index is 13.7. The van der Waals surface area contributed by atoms with Gasteiger partial charge in [-0.2, -0.15) is 0 Å². The molecule has 6 unspecified atom stereocenters. The minimum Gasteiger partial charge on any atom is -0.330 e. The normalized spacial score (nSPS) is 15.5. The van der Waals surface area contributed by atoms with Crippen LogP contribution in [0.15, 0.2) is 185 Å². The van der Waals surface area contributed by atoms with E-state index >= 15 is 0 Å². The molecule has 8 aromatic carbocycles. The van der Waals surface area contributed by atoms with Crippen LogP contribution in [0.25, 0.3) is 0 Å².